The zero-order valence-electron chi connectivity index (χ0n) is 14.6. The minimum Gasteiger partial charge on any atom is -0.460 e. The average molecular weight is 415 g/mol. The molecule has 0 aromatic heterocycles. The number of rotatable bonds is 6. The first-order valence-corrected chi connectivity index (χ1v) is 9.52. The summed E-state index contributed by atoms with van der Waals surface area (Å²) in [5, 5.41) is 4.75. The Morgan fingerprint density at radius 2 is 2.04 bits per heavy atom. The number of benzene rings is 1. The summed E-state index contributed by atoms with van der Waals surface area (Å²) in [5.74, 6) is -0.392. The van der Waals surface area contributed by atoms with Crippen molar-refractivity contribution < 1.29 is 14.3 Å². The lowest BCUT2D eigenvalue weighted by atomic mass is 9.95. The van der Waals surface area contributed by atoms with E-state index in [1.807, 2.05) is 17.9 Å². The third-order valence-electron chi connectivity index (χ3n) is 4.46. The fraction of sp³-hybridized carbons (Fsp3) is 0.444. The molecule has 3 rings (SSSR count). The van der Waals surface area contributed by atoms with E-state index < -0.39 is 12.0 Å². The maximum atomic E-state index is 12.8. The molecule has 0 spiro atoms. The van der Waals surface area contributed by atoms with Gasteiger partial charge in [0.2, 0.25) is 0 Å². The van der Waals surface area contributed by atoms with Crippen LogP contribution in [0.15, 0.2) is 29.5 Å². The summed E-state index contributed by atoms with van der Waals surface area (Å²) in [5.41, 5.74) is 2.14. The van der Waals surface area contributed by atoms with E-state index in [-0.39, 0.29) is 6.61 Å². The standard InChI is InChI=1S/C18H20Cl2N2O3S/c1-10-15(17(23)25-8-7-24-2)16(11-3-6-13(19)14(20)9-11)21-18(26)22(10)12-4-5-12/h3,6,9,12,16H,4-5,7-8H2,1-2H3,(H,21,26)/t16-/m0/s1. The Balaban J connectivity index is 1.98. The second-order valence-corrected chi connectivity index (χ2v) is 7.49. The molecule has 1 aliphatic carbocycles. The van der Waals surface area contributed by atoms with Crippen molar-refractivity contribution in [3.8, 4) is 0 Å². The molecule has 5 nitrogen and oxygen atoms in total. The Kier molecular flexibility index (Phi) is 6.07. The van der Waals surface area contributed by atoms with Crippen LogP contribution in [0.1, 0.15) is 31.4 Å². The van der Waals surface area contributed by atoms with Crippen molar-refractivity contribution in [3.63, 3.8) is 0 Å². The summed E-state index contributed by atoms with van der Waals surface area (Å²) in [6.07, 6.45) is 2.12. The SMILES string of the molecule is COCCOC(=O)C1=C(C)N(C2CC2)C(=S)N[C@H]1c1ccc(Cl)c(Cl)c1. The van der Waals surface area contributed by atoms with Crippen molar-refractivity contribution in [1.29, 1.82) is 0 Å². The number of thiocarbonyl (C=S) groups is 1. The van der Waals surface area contributed by atoms with Crippen LogP contribution in [0.2, 0.25) is 10.0 Å². The van der Waals surface area contributed by atoms with Gasteiger partial charge in [0.15, 0.2) is 5.11 Å². The summed E-state index contributed by atoms with van der Waals surface area (Å²) in [6.45, 7) is 2.44. The number of esters is 1. The molecular formula is C18H20Cl2N2O3S. The third kappa shape index (κ3) is 3.98. The van der Waals surface area contributed by atoms with Gasteiger partial charge >= 0.3 is 5.97 Å². The molecular weight excluding hydrogens is 395 g/mol. The first kappa shape index (κ1) is 19.4. The number of hydrogen-bond donors (Lipinski definition) is 1. The van der Waals surface area contributed by atoms with Crippen LogP contribution in [0.3, 0.4) is 0 Å². The summed E-state index contributed by atoms with van der Waals surface area (Å²) >= 11 is 17.8. The van der Waals surface area contributed by atoms with E-state index in [1.54, 1.807) is 19.2 Å². The lowest BCUT2D eigenvalue weighted by Crippen LogP contribution is -2.48. The zero-order chi connectivity index (χ0) is 18.8. The lowest BCUT2D eigenvalue weighted by molar-refractivity contribution is -0.140. The Labute approximate surface area is 168 Å². The Bertz CT molecular complexity index is 765. The highest BCUT2D eigenvalue weighted by molar-refractivity contribution is 7.80. The van der Waals surface area contributed by atoms with Gasteiger partial charge in [-0.3, -0.25) is 0 Å². The van der Waals surface area contributed by atoms with E-state index in [4.69, 9.17) is 44.9 Å². The lowest BCUT2D eigenvalue weighted by Gasteiger charge is -2.37. The van der Waals surface area contributed by atoms with Gasteiger partial charge in [0.1, 0.15) is 6.61 Å². The number of nitrogens with zero attached hydrogens (tertiary/aromatic N) is 1. The minimum atomic E-state index is -0.442. The maximum absolute atomic E-state index is 12.8. The van der Waals surface area contributed by atoms with Gasteiger partial charge < -0.3 is 19.7 Å². The van der Waals surface area contributed by atoms with Gasteiger partial charge in [-0.05, 0) is 49.7 Å². The molecule has 1 saturated carbocycles. The molecule has 1 heterocycles. The highest BCUT2D eigenvalue weighted by atomic mass is 35.5. The van der Waals surface area contributed by atoms with Crippen molar-refractivity contribution in [3.05, 3.63) is 45.1 Å². The molecule has 1 N–H and O–H groups in total. The van der Waals surface area contributed by atoms with Crippen LogP contribution in [0.4, 0.5) is 0 Å². The second-order valence-electron chi connectivity index (χ2n) is 6.29. The molecule has 1 fully saturated rings. The van der Waals surface area contributed by atoms with E-state index in [1.165, 1.54) is 0 Å². The number of nitrogens with one attached hydrogen (secondary N) is 1. The average Bonchev–Trinajstić information content (AvgIpc) is 3.42. The van der Waals surface area contributed by atoms with Gasteiger partial charge in [0.05, 0.1) is 28.3 Å². The zero-order valence-corrected chi connectivity index (χ0v) is 16.9. The van der Waals surface area contributed by atoms with E-state index in [2.05, 4.69) is 5.32 Å². The van der Waals surface area contributed by atoms with Crippen molar-refractivity contribution >= 4 is 46.5 Å². The third-order valence-corrected chi connectivity index (χ3v) is 5.51. The van der Waals surface area contributed by atoms with Crippen molar-refractivity contribution in [2.75, 3.05) is 20.3 Å². The molecule has 2 aliphatic rings. The van der Waals surface area contributed by atoms with Crippen LogP contribution < -0.4 is 5.32 Å². The number of allylic oxidation sites excluding steroid dienone is 1. The van der Waals surface area contributed by atoms with E-state index in [9.17, 15) is 4.79 Å². The summed E-state index contributed by atoms with van der Waals surface area (Å²) in [6, 6.07) is 5.18. The van der Waals surface area contributed by atoms with Crippen molar-refractivity contribution in [1.82, 2.24) is 10.2 Å². The van der Waals surface area contributed by atoms with Crippen LogP contribution >= 0.6 is 35.4 Å². The molecule has 140 valence electrons. The molecule has 0 radical (unpaired) electrons. The van der Waals surface area contributed by atoms with Crippen LogP contribution in [0.5, 0.6) is 0 Å². The summed E-state index contributed by atoms with van der Waals surface area (Å²) in [4.78, 5) is 14.8. The van der Waals surface area contributed by atoms with Crippen molar-refractivity contribution in [2.45, 2.75) is 31.8 Å². The highest BCUT2D eigenvalue weighted by Crippen LogP contribution is 2.39. The number of halogens is 2. The van der Waals surface area contributed by atoms with Crippen LogP contribution in [0.25, 0.3) is 0 Å². The highest BCUT2D eigenvalue weighted by Gasteiger charge is 2.40. The van der Waals surface area contributed by atoms with Gasteiger partial charge in [-0.1, -0.05) is 29.3 Å². The van der Waals surface area contributed by atoms with Gasteiger partial charge in [-0.25, -0.2) is 4.79 Å². The van der Waals surface area contributed by atoms with Crippen LogP contribution in [-0.2, 0) is 14.3 Å². The summed E-state index contributed by atoms with van der Waals surface area (Å²) < 4.78 is 10.4. The van der Waals surface area contributed by atoms with E-state index >= 15 is 0 Å². The predicted molar refractivity (Wildman–Crippen MR) is 105 cm³/mol. The quantitative estimate of drug-likeness (QED) is 0.433. The first-order valence-electron chi connectivity index (χ1n) is 8.35. The molecule has 1 atom stereocenters. The van der Waals surface area contributed by atoms with Gasteiger partial charge in [-0.2, -0.15) is 0 Å². The number of hydrogen-bond acceptors (Lipinski definition) is 4. The van der Waals surface area contributed by atoms with E-state index in [0.717, 1.165) is 24.1 Å². The normalized spacial score (nSPS) is 20.2. The smallest absolute Gasteiger partial charge is 0.338 e. The molecule has 8 heteroatoms. The fourth-order valence-electron chi connectivity index (χ4n) is 3.03. The topological polar surface area (TPSA) is 50.8 Å². The largest absolute Gasteiger partial charge is 0.460 e. The minimum absolute atomic E-state index is 0.189. The molecule has 1 aromatic rings. The Morgan fingerprint density at radius 3 is 2.65 bits per heavy atom. The molecule has 0 amide bonds. The molecule has 0 saturated heterocycles. The van der Waals surface area contributed by atoms with Crippen LogP contribution in [-0.4, -0.2) is 42.3 Å². The summed E-state index contributed by atoms with van der Waals surface area (Å²) in [7, 11) is 1.56. The number of ether oxygens (including phenoxy) is 2. The van der Waals surface area contributed by atoms with Crippen molar-refractivity contribution in [2.24, 2.45) is 0 Å². The van der Waals surface area contributed by atoms with Gasteiger partial charge in [0.25, 0.3) is 0 Å². The number of carbonyl (C=O) groups excluding carboxylic acids is 1. The van der Waals surface area contributed by atoms with Gasteiger partial charge in [0, 0.05) is 18.8 Å². The number of methoxy groups -OCH3 is 1. The first-order chi connectivity index (χ1) is 12.4. The molecule has 1 aliphatic heterocycles. The second kappa shape index (κ2) is 8.13. The molecule has 1 aromatic carbocycles. The van der Waals surface area contributed by atoms with Gasteiger partial charge in [-0.15, -0.1) is 0 Å². The molecule has 0 bridgehead atoms. The molecule has 26 heavy (non-hydrogen) atoms. The predicted octanol–water partition coefficient (Wildman–Crippen LogP) is 3.85. The monoisotopic (exact) mass is 414 g/mol. The maximum Gasteiger partial charge on any atom is 0.338 e. The van der Waals surface area contributed by atoms with Crippen LogP contribution in [0, 0.1) is 0 Å². The molecule has 0 unspecified atom stereocenters. The fourth-order valence-corrected chi connectivity index (χ4v) is 3.74. The Morgan fingerprint density at radius 1 is 1.31 bits per heavy atom. The number of carbonyl (C=O) groups is 1. The van der Waals surface area contributed by atoms with E-state index in [0.29, 0.717) is 33.4 Å². The Hall–Kier alpha value is -1.34.